The molecular formula is C20H36O4Si3. The molecular weight excluding hydrogens is 388 g/mol. The molecule has 7 heteroatoms. The first-order chi connectivity index (χ1) is 12.4. The lowest BCUT2D eigenvalue weighted by Gasteiger charge is -2.30. The van der Waals surface area contributed by atoms with Gasteiger partial charge in [-0.05, 0) is 74.7 Å². The van der Waals surface area contributed by atoms with Crippen molar-refractivity contribution in [3.8, 4) is 0 Å². The van der Waals surface area contributed by atoms with Crippen LogP contribution >= 0.6 is 0 Å². The summed E-state index contributed by atoms with van der Waals surface area (Å²) >= 11 is 0. The largest absolute Gasteiger partial charge is 0.469 e. The van der Waals surface area contributed by atoms with E-state index in [1.807, 2.05) is 0 Å². The second kappa shape index (κ2) is 8.65. The predicted molar refractivity (Wildman–Crippen MR) is 120 cm³/mol. The van der Waals surface area contributed by atoms with Gasteiger partial charge in [-0.2, -0.15) is 0 Å². The molecule has 0 heterocycles. The predicted octanol–water partition coefficient (Wildman–Crippen LogP) is 5.85. The van der Waals surface area contributed by atoms with Gasteiger partial charge < -0.3 is 18.3 Å². The molecule has 0 unspecified atom stereocenters. The molecule has 0 aliphatic heterocycles. The molecule has 0 aromatic rings. The molecule has 27 heavy (non-hydrogen) atoms. The standard InChI is InChI=1S/C20H36O4Si3/c1-25(2,3)23-15-21-17-11-9-13-19(17)27(7,8)20-14-10-12-18(20)22-16-24-26(4,5)6/h11-14H,9-10,15-16H2,1-8H3. The van der Waals surface area contributed by atoms with Gasteiger partial charge in [-0.1, -0.05) is 25.2 Å². The zero-order valence-corrected chi connectivity index (χ0v) is 21.3. The summed E-state index contributed by atoms with van der Waals surface area (Å²) in [5, 5.41) is 2.69. The second-order valence-electron chi connectivity index (χ2n) is 9.51. The minimum Gasteiger partial charge on any atom is -0.469 e. The highest BCUT2D eigenvalue weighted by Gasteiger charge is 2.38. The Labute approximate surface area is 168 Å². The van der Waals surface area contributed by atoms with Gasteiger partial charge in [-0.15, -0.1) is 0 Å². The molecule has 152 valence electrons. The fraction of sp³-hybridized carbons (Fsp3) is 0.600. The van der Waals surface area contributed by atoms with Gasteiger partial charge >= 0.3 is 0 Å². The van der Waals surface area contributed by atoms with Gasteiger partial charge in [0.25, 0.3) is 0 Å². The first kappa shape index (κ1) is 22.4. The van der Waals surface area contributed by atoms with Gasteiger partial charge in [0.15, 0.2) is 30.2 Å². The topological polar surface area (TPSA) is 36.9 Å². The van der Waals surface area contributed by atoms with E-state index < -0.39 is 24.7 Å². The lowest BCUT2D eigenvalue weighted by molar-refractivity contribution is 0.0604. The molecule has 0 bridgehead atoms. The van der Waals surface area contributed by atoms with Crippen LogP contribution in [0.4, 0.5) is 0 Å². The summed E-state index contributed by atoms with van der Waals surface area (Å²) in [6, 6.07) is 0. The molecule has 0 spiro atoms. The highest BCUT2D eigenvalue weighted by molar-refractivity contribution is 6.92. The van der Waals surface area contributed by atoms with Crippen LogP contribution in [0.1, 0.15) is 12.8 Å². The zero-order chi connectivity index (χ0) is 20.3. The minimum absolute atomic E-state index is 0.339. The van der Waals surface area contributed by atoms with Gasteiger partial charge in [-0.25, -0.2) is 0 Å². The quantitative estimate of drug-likeness (QED) is 0.325. The van der Waals surface area contributed by atoms with Crippen molar-refractivity contribution in [3.05, 3.63) is 46.2 Å². The number of hydrogen-bond donors (Lipinski definition) is 0. The van der Waals surface area contributed by atoms with Crippen molar-refractivity contribution in [2.45, 2.75) is 65.2 Å². The fourth-order valence-electron chi connectivity index (χ4n) is 3.07. The molecule has 0 radical (unpaired) electrons. The lowest BCUT2D eigenvalue weighted by Crippen LogP contribution is -2.35. The molecule has 0 aromatic carbocycles. The third kappa shape index (κ3) is 6.60. The van der Waals surface area contributed by atoms with Crippen molar-refractivity contribution in [2.24, 2.45) is 0 Å². The average Bonchev–Trinajstić information content (AvgIpc) is 3.14. The van der Waals surface area contributed by atoms with Crippen molar-refractivity contribution in [1.29, 1.82) is 0 Å². The van der Waals surface area contributed by atoms with Crippen molar-refractivity contribution in [2.75, 3.05) is 13.6 Å². The van der Waals surface area contributed by atoms with E-state index >= 15 is 0 Å². The fourth-order valence-corrected chi connectivity index (χ4v) is 7.02. The monoisotopic (exact) mass is 424 g/mol. The van der Waals surface area contributed by atoms with Crippen molar-refractivity contribution in [1.82, 2.24) is 0 Å². The van der Waals surface area contributed by atoms with E-state index in [4.69, 9.17) is 18.3 Å². The Morgan fingerprint density at radius 1 is 0.630 bits per heavy atom. The Kier molecular flexibility index (Phi) is 7.18. The number of rotatable bonds is 10. The van der Waals surface area contributed by atoms with Crippen LogP contribution in [0.2, 0.25) is 52.4 Å². The minimum atomic E-state index is -1.91. The van der Waals surface area contributed by atoms with Crippen LogP contribution in [0.5, 0.6) is 0 Å². The summed E-state index contributed by atoms with van der Waals surface area (Å²) in [4.78, 5) is 0. The SMILES string of the molecule is C[Si](C)(C)OCOC1=CCC=C1[Si](C)(C)C1=CCC=C1OCO[Si](C)(C)C. The zero-order valence-electron chi connectivity index (χ0n) is 18.3. The Morgan fingerprint density at radius 2 is 1.00 bits per heavy atom. The molecule has 0 aromatic heterocycles. The van der Waals surface area contributed by atoms with E-state index in [1.165, 1.54) is 10.4 Å². The molecule has 0 amide bonds. The Balaban J connectivity index is 2.02. The summed E-state index contributed by atoms with van der Waals surface area (Å²) in [6.45, 7) is 18.5. The third-order valence-electron chi connectivity index (χ3n) is 4.54. The van der Waals surface area contributed by atoms with Gasteiger partial charge in [0.2, 0.25) is 0 Å². The van der Waals surface area contributed by atoms with Crippen LogP contribution in [-0.2, 0) is 18.3 Å². The molecule has 4 nitrogen and oxygen atoms in total. The van der Waals surface area contributed by atoms with Crippen molar-refractivity contribution in [3.63, 3.8) is 0 Å². The second-order valence-corrected chi connectivity index (χ2v) is 22.9. The van der Waals surface area contributed by atoms with Crippen molar-refractivity contribution >= 4 is 24.7 Å². The molecule has 0 fully saturated rings. The highest BCUT2D eigenvalue weighted by Crippen LogP contribution is 2.39. The van der Waals surface area contributed by atoms with Crippen LogP contribution in [0, 0.1) is 0 Å². The summed E-state index contributed by atoms with van der Waals surface area (Å²) in [5.74, 6) is 1.99. The van der Waals surface area contributed by atoms with Crippen LogP contribution in [0.3, 0.4) is 0 Å². The van der Waals surface area contributed by atoms with E-state index in [-0.39, 0.29) is 0 Å². The molecule has 2 rings (SSSR count). The maximum absolute atomic E-state index is 6.03. The van der Waals surface area contributed by atoms with E-state index in [1.54, 1.807) is 0 Å². The lowest BCUT2D eigenvalue weighted by atomic mass is 10.5. The van der Waals surface area contributed by atoms with Gasteiger partial charge in [0, 0.05) is 0 Å². The Morgan fingerprint density at radius 3 is 1.33 bits per heavy atom. The van der Waals surface area contributed by atoms with E-state index in [2.05, 4.69) is 76.7 Å². The smallest absolute Gasteiger partial charge is 0.188 e. The average molecular weight is 425 g/mol. The Bertz CT molecular complexity index is 606. The normalized spacial score (nSPS) is 18.1. The van der Waals surface area contributed by atoms with E-state index in [9.17, 15) is 0 Å². The number of ether oxygens (including phenoxy) is 2. The van der Waals surface area contributed by atoms with E-state index in [0.717, 1.165) is 24.4 Å². The van der Waals surface area contributed by atoms with Crippen molar-refractivity contribution < 1.29 is 18.3 Å². The molecule has 0 N–H and O–H groups in total. The Hall–Kier alpha value is -0.869. The van der Waals surface area contributed by atoms with Gasteiger partial charge in [0.1, 0.15) is 19.6 Å². The third-order valence-corrected chi connectivity index (χ3v) is 10.1. The maximum atomic E-state index is 6.03. The number of allylic oxidation sites excluding steroid dienone is 6. The molecule has 0 atom stereocenters. The summed E-state index contributed by atoms with van der Waals surface area (Å²) in [7, 11) is -5.06. The summed E-state index contributed by atoms with van der Waals surface area (Å²) < 4.78 is 23.8. The van der Waals surface area contributed by atoms with Crippen LogP contribution in [0.25, 0.3) is 0 Å². The summed E-state index contributed by atoms with van der Waals surface area (Å²) in [6.07, 6.45) is 10.8. The van der Waals surface area contributed by atoms with Crippen LogP contribution < -0.4 is 0 Å². The molecule has 2 aliphatic rings. The van der Waals surface area contributed by atoms with E-state index in [0.29, 0.717) is 13.6 Å². The summed E-state index contributed by atoms with van der Waals surface area (Å²) in [5.41, 5.74) is 0. The highest BCUT2D eigenvalue weighted by atomic mass is 28.4. The van der Waals surface area contributed by atoms with Gasteiger partial charge in [0.05, 0.1) is 0 Å². The maximum Gasteiger partial charge on any atom is 0.188 e. The first-order valence-corrected chi connectivity index (χ1v) is 19.6. The molecule has 0 saturated carbocycles. The number of hydrogen-bond acceptors (Lipinski definition) is 4. The van der Waals surface area contributed by atoms with Crippen LogP contribution in [0.15, 0.2) is 46.2 Å². The molecule has 2 aliphatic carbocycles. The van der Waals surface area contributed by atoms with Gasteiger partial charge in [-0.3, -0.25) is 0 Å². The van der Waals surface area contributed by atoms with Crippen LogP contribution in [-0.4, -0.2) is 38.3 Å². The first-order valence-electron chi connectivity index (χ1n) is 9.76. The molecule has 0 saturated heterocycles.